The van der Waals surface area contributed by atoms with Gasteiger partial charge >= 0.3 is 5.97 Å². The second kappa shape index (κ2) is 10.1. The summed E-state index contributed by atoms with van der Waals surface area (Å²) in [5, 5.41) is 12.4. The zero-order chi connectivity index (χ0) is 15.7. The van der Waals surface area contributed by atoms with E-state index in [-0.39, 0.29) is 6.04 Å². The second-order valence-corrected chi connectivity index (χ2v) is 6.50. The van der Waals surface area contributed by atoms with Gasteiger partial charge in [0.05, 0.1) is 0 Å². The minimum absolute atomic E-state index is 0.191. The summed E-state index contributed by atoms with van der Waals surface area (Å²) >= 11 is 0. The average molecular weight is 287 g/mol. The maximum atomic E-state index is 11.2. The number of carbonyl (C=O) groups is 1. The summed E-state index contributed by atoms with van der Waals surface area (Å²) in [4.78, 5) is 15.8. The van der Waals surface area contributed by atoms with Crippen molar-refractivity contribution in [1.82, 2.24) is 15.1 Å². The SMILES string of the molecule is CC(C)CN(CCC(NC(C)C)C(=O)O)CCN(C)C. The standard InChI is InChI=1S/C15H33N3O2/c1-12(2)11-18(10-9-17(5)6)8-7-14(15(19)20)16-13(3)4/h12-14,16H,7-11H2,1-6H3,(H,19,20). The van der Waals surface area contributed by atoms with Gasteiger partial charge in [-0.2, -0.15) is 0 Å². The first kappa shape index (κ1) is 19.4. The van der Waals surface area contributed by atoms with Crippen LogP contribution in [-0.2, 0) is 4.79 Å². The molecule has 5 nitrogen and oxygen atoms in total. The van der Waals surface area contributed by atoms with Gasteiger partial charge in [-0.15, -0.1) is 0 Å². The van der Waals surface area contributed by atoms with Crippen LogP contribution in [0.2, 0.25) is 0 Å². The highest BCUT2D eigenvalue weighted by Crippen LogP contribution is 2.03. The van der Waals surface area contributed by atoms with Gasteiger partial charge in [0.2, 0.25) is 0 Å². The number of rotatable bonds is 11. The fourth-order valence-corrected chi connectivity index (χ4v) is 2.14. The zero-order valence-electron chi connectivity index (χ0n) is 14.0. The Hall–Kier alpha value is -0.650. The van der Waals surface area contributed by atoms with Gasteiger partial charge in [0.15, 0.2) is 0 Å². The molecule has 0 radical (unpaired) electrons. The third-order valence-electron chi connectivity index (χ3n) is 3.05. The van der Waals surface area contributed by atoms with Crippen molar-refractivity contribution in [2.75, 3.05) is 40.3 Å². The number of aliphatic carboxylic acids is 1. The maximum absolute atomic E-state index is 11.2. The van der Waals surface area contributed by atoms with Crippen molar-refractivity contribution in [1.29, 1.82) is 0 Å². The molecule has 0 saturated heterocycles. The Balaban J connectivity index is 4.35. The molecular formula is C15H33N3O2. The van der Waals surface area contributed by atoms with Crippen molar-refractivity contribution in [3.8, 4) is 0 Å². The third kappa shape index (κ3) is 10.2. The molecule has 0 heterocycles. The van der Waals surface area contributed by atoms with E-state index >= 15 is 0 Å². The lowest BCUT2D eigenvalue weighted by Gasteiger charge is -2.27. The van der Waals surface area contributed by atoms with Gasteiger partial charge in [0.1, 0.15) is 6.04 Å². The van der Waals surface area contributed by atoms with Crippen LogP contribution < -0.4 is 5.32 Å². The normalized spacial score (nSPS) is 13.7. The van der Waals surface area contributed by atoms with E-state index in [0.29, 0.717) is 12.3 Å². The van der Waals surface area contributed by atoms with Crippen LogP contribution in [0.1, 0.15) is 34.1 Å². The summed E-state index contributed by atoms with van der Waals surface area (Å²) in [5.41, 5.74) is 0. The monoisotopic (exact) mass is 287 g/mol. The first-order valence-corrected chi connectivity index (χ1v) is 7.58. The van der Waals surface area contributed by atoms with Crippen molar-refractivity contribution in [3.63, 3.8) is 0 Å². The van der Waals surface area contributed by atoms with Gasteiger partial charge in [0, 0.05) is 32.2 Å². The number of hydrogen-bond acceptors (Lipinski definition) is 4. The maximum Gasteiger partial charge on any atom is 0.320 e. The molecule has 0 fully saturated rings. The Morgan fingerprint density at radius 1 is 1.10 bits per heavy atom. The molecule has 0 aliphatic carbocycles. The molecule has 0 spiro atoms. The van der Waals surface area contributed by atoms with Crippen molar-refractivity contribution in [3.05, 3.63) is 0 Å². The topological polar surface area (TPSA) is 55.8 Å². The van der Waals surface area contributed by atoms with Gasteiger partial charge < -0.3 is 20.2 Å². The van der Waals surface area contributed by atoms with E-state index in [0.717, 1.165) is 26.2 Å². The van der Waals surface area contributed by atoms with Gasteiger partial charge in [-0.3, -0.25) is 4.79 Å². The molecule has 5 heteroatoms. The van der Waals surface area contributed by atoms with Gasteiger partial charge in [-0.05, 0) is 26.4 Å². The Bertz CT molecular complexity index is 268. The number of likely N-dealkylation sites (N-methyl/N-ethyl adjacent to an activating group) is 1. The van der Waals surface area contributed by atoms with E-state index < -0.39 is 12.0 Å². The summed E-state index contributed by atoms with van der Waals surface area (Å²) in [5.74, 6) is -0.158. The Morgan fingerprint density at radius 3 is 2.10 bits per heavy atom. The summed E-state index contributed by atoms with van der Waals surface area (Å²) in [6.07, 6.45) is 0.646. The molecular weight excluding hydrogens is 254 g/mol. The van der Waals surface area contributed by atoms with Crippen LogP contribution in [0.5, 0.6) is 0 Å². The first-order chi connectivity index (χ1) is 9.22. The molecule has 2 N–H and O–H groups in total. The number of carboxylic acids is 1. The van der Waals surface area contributed by atoms with E-state index in [1.165, 1.54) is 0 Å². The molecule has 0 aromatic carbocycles. The van der Waals surface area contributed by atoms with E-state index in [1.807, 2.05) is 13.8 Å². The molecule has 0 amide bonds. The minimum Gasteiger partial charge on any atom is -0.480 e. The minimum atomic E-state index is -0.754. The van der Waals surface area contributed by atoms with Crippen molar-refractivity contribution in [2.45, 2.75) is 46.2 Å². The largest absolute Gasteiger partial charge is 0.480 e. The van der Waals surface area contributed by atoms with E-state index in [4.69, 9.17) is 0 Å². The summed E-state index contributed by atoms with van der Waals surface area (Å²) in [7, 11) is 4.13. The van der Waals surface area contributed by atoms with E-state index in [2.05, 4.69) is 43.1 Å². The predicted molar refractivity (Wildman–Crippen MR) is 84.1 cm³/mol. The van der Waals surface area contributed by atoms with Crippen molar-refractivity contribution >= 4 is 5.97 Å². The number of nitrogens with one attached hydrogen (secondary N) is 1. The molecule has 20 heavy (non-hydrogen) atoms. The highest BCUT2D eigenvalue weighted by molar-refractivity contribution is 5.73. The molecule has 1 atom stereocenters. The van der Waals surface area contributed by atoms with Crippen LogP contribution >= 0.6 is 0 Å². The first-order valence-electron chi connectivity index (χ1n) is 7.58. The smallest absolute Gasteiger partial charge is 0.320 e. The van der Waals surface area contributed by atoms with Crippen LogP contribution in [0.25, 0.3) is 0 Å². The molecule has 0 bridgehead atoms. The second-order valence-electron chi connectivity index (χ2n) is 6.50. The van der Waals surface area contributed by atoms with Crippen LogP contribution in [0.3, 0.4) is 0 Å². The fraction of sp³-hybridized carbons (Fsp3) is 0.933. The van der Waals surface area contributed by atoms with Crippen LogP contribution in [0.15, 0.2) is 0 Å². The van der Waals surface area contributed by atoms with Gasteiger partial charge in [0.25, 0.3) is 0 Å². The predicted octanol–water partition coefficient (Wildman–Crippen LogP) is 1.35. The molecule has 0 aliphatic rings. The molecule has 0 saturated carbocycles. The summed E-state index contributed by atoms with van der Waals surface area (Å²) in [6, 6.07) is -0.263. The number of hydrogen-bond donors (Lipinski definition) is 2. The summed E-state index contributed by atoms with van der Waals surface area (Å²) in [6.45, 7) is 12.2. The molecule has 120 valence electrons. The number of nitrogens with zero attached hydrogens (tertiary/aromatic N) is 2. The lowest BCUT2D eigenvalue weighted by molar-refractivity contribution is -0.140. The number of carboxylic acid groups (broad SMARTS) is 1. The molecule has 0 aliphatic heterocycles. The van der Waals surface area contributed by atoms with Crippen LogP contribution in [0.4, 0.5) is 0 Å². The molecule has 1 unspecified atom stereocenters. The van der Waals surface area contributed by atoms with E-state index in [1.54, 1.807) is 0 Å². The van der Waals surface area contributed by atoms with Crippen LogP contribution in [-0.4, -0.2) is 73.2 Å². The Morgan fingerprint density at radius 2 is 1.70 bits per heavy atom. The average Bonchev–Trinajstić information content (AvgIpc) is 2.29. The van der Waals surface area contributed by atoms with Crippen molar-refractivity contribution < 1.29 is 9.90 Å². The summed E-state index contributed by atoms with van der Waals surface area (Å²) < 4.78 is 0. The third-order valence-corrected chi connectivity index (χ3v) is 3.05. The zero-order valence-corrected chi connectivity index (χ0v) is 14.0. The molecule has 0 rings (SSSR count). The fourth-order valence-electron chi connectivity index (χ4n) is 2.14. The Kier molecular flexibility index (Phi) is 9.80. The molecule has 0 aromatic rings. The lowest BCUT2D eigenvalue weighted by Crippen LogP contribution is -2.44. The Labute approximate surface area is 124 Å². The highest BCUT2D eigenvalue weighted by Gasteiger charge is 2.19. The van der Waals surface area contributed by atoms with Crippen molar-refractivity contribution in [2.24, 2.45) is 5.92 Å². The van der Waals surface area contributed by atoms with E-state index in [9.17, 15) is 9.90 Å². The molecule has 0 aromatic heterocycles. The van der Waals surface area contributed by atoms with Crippen LogP contribution in [0, 0.1) is 5.92 Å². The van der Waals surface area contributed by atoms with Gasteiger partial charge in [-0.25, -0.2) is 0 Å². The quantitative estimate of drug-likeness (QED) is 0.601. The van der Waals surface area contributed by atoms with Gasteiger partial charge in [-0.1, -0.05) is 27.7 Å². The lowest BCUT2D eigenvalue weighted by atomic mass is 10.1. The highest BCUT2D eigenvalue weighted by atomic mass is 16.4.